The van der Waals surface area contributed by atoms with Crippen molar-refractivity contribution in [3.05, 3.63) is 64.5 Å². The van der Waals surface area contributed by atoms with Gasteiger partial charge in [-0.3, -0.25) is 5.10 Å². The van der Waals surface area contributed by atoms with Crippen LogP contribution in [0, 0.1) is 0 Å². The summed E-state index contributed by atoms with van der Waals surface area (Å²) in [5, 5.41) is 16.1. The lowest BCUT2D eigenvalue weighted by Gasteiger charge is -1.98. The molecule has 0 amide bonds. The van der Waals surface area contributed by atoms with E-state index in [1.54, 1.807) is 0 Å². The van der Waals surface area contributed by atoms with Crippen LogP contribution in [0.5, 0.6) is 0 Å². The first-order chi connectivity index (χ1) is 13.2. The van der Waals surface area contributed by atoms with Crippen molar-refractivity contribution in [3.63, 3.8) is 0 Å². The minimum Gasteiger partial charge on any atom is -0.420 e. The second kappa shape index (κ2) is 8.06. The maximum absolute atomic E-state index is 5.72. The van der Waals surface area contributed by atoms with Crippen LogP contribution in [0.2, 0.25) is 0 Å². The van der Waals surface area contributed by atoms with Crippen molar-refractivity contribution < 1.29 is 4.42 Å². The molecule has 0 aliphatic rings. The fourth-order valence-corrected chi connectivity index (χ4v) is 3.39. The molecule has 136 valence electrons. The van der Waals surface area contributed by atoms with Gasteiger partial charge >= 0.3 is 0 Å². The van der Waals surface area contributed by atoms with Gasteiger partial charge in [-0.15, -0.1) is 15.3 Å². The zero-order chi connectivity index (χ0) is 18.6. The summed E-state index contributed by atoms with van der Waals surface area (Å²) in [7, 11) is 0. The highest BCUT2D eigenvalue weighted by Crippen LogP contribution is 2.25. The van der Waals surface area contributed by atoms with Crippen molar-refractivity contribution in [2.45, 2.75) is 24.3 Å². The monoisotopic (exact) mass is 441 g/mol. The fraction of sp³-hybridized carbons (Fsp3) is 0.158. The first kappa shape index (κ1) is 17.9. The van der Waals surface area contributed by atoms with E-state index in [-0.39, 0.29) is 0 Å². The summed E-state index contributed by atoms with van der Waals surface area (Å²) in [4.78, 5) is 4.53. The van der Waals surface area contributed by atoms with Gasteiger partial charge in [0.25, 0.3) is 0 Å². The van der Waals surface area contributed by atoms with Crippen LogP contribution in [0.25, 0.3) is 22.8 Å². The van der Waals surface area contributed by atoms with Gasteiger partial charge in [0, 0.05) is 15.6 Å². The molecule has 0 spiro atoms. The molecule has 4 rings (SSSR count). The first-order valence-electron chi connectivity index (χ1n) is 8.44. The van der Waals surface area contributed by atoms with Gasteiger partial charge in [-0.05, 0) is 36.2 Å². The van der Waals surface area contributed by atoms with E-state index in [0.717, 1.165) is 27.8 Å². The van der Waals surface area contributed by atoms with E-state index in [4.69, 9.17) is 4.42 Å². The molecule has 0 saturated carbocycles. The number of thioether (sulfide) groups is 1. The lowest BCUT2D eigenvalue weighted by molar-refractivity contribution is 0.528. The molecule has 2 heterocycles. The summed E-state index contributed by atoms with van der Waals surface area (Å²) < 4.78 is 6.73. The number of rotatable bonds is 6. The maximum Gasteiger partial charge on any atom is 0.247 e. The number of nitrogens with zero attached hydrogens (tertiary/aromatic N) is 4. The number of hydrogen-bond donors (Lipinski definition) is 1. The van der Waals surface area contributed by atoms with Crippen LogP contribution in [0.1, 0.15) is 18.4 Å². The van der Waals surface area contributed by atoms with Gasteiger partial charge in [0.2, 0.25) is 16.9 Å². The predicted molar refractivity (Wildman–Crippen MR) is 108 cm³/mol. The number of hydrogen-bond acceptors (Lipinski definition) is 6. The molecular weight excluding hydrogens is 426 g/mol. The Morgan fingerprint density at radius 3 is 2.48 bits per heavy atom. The fourth-order valence-electron chi connectivity index (χ4n) is 2.49. The van der Waals surface area contributed by atoms with E-state index in [0.29, 0.717) is 22.7 Å². The number of halogens is 1. The predicted octanol–water partition coefficient (Wildman–Crippen LogP) is 5.14. The molecule has 0 bridgehead atoms. The van der Waals surface area contributed by atoms with Crippen molar-refractivity contribution in [2.24, 2.45) is 0 Å². The van der Waals surface area contributed by atoms with Crippen LogP contribution in [0.3, 0.4) is 0 Å². The van der Waals surface area contributed by atoms with Crippen molar-refractivity contribution in [3.8, 4) is 22.8 Å². The van der Waals surface area contributed by atoms with Crippen LogP contribution in [0.4, 0.5) is 0 Å². The SMILES string of the molecule is CCc1ccc(-c2nc(SCc3nnc(-c4ccc(Br)cc4)o3)n[nH]2)cc1. The van der Waals surface area contributed by atoms with E-state index < -0.39 is 0 Å². The average molecular weight is 442 g/mol. The summed E-state index contributed by atoms with van der Waals surface area (Å²) >= 11 is 4.86. The molecule has 8 heteroatoms. The normalized spacial score (nSPS) is 11.0. The molecule has 0 aliphatic heterocycles. The van der Waals surface area contributed by atoms with Crippen molar-refractivity contribution in [2.75, 3.05) is 0 Å². The van der Waals surface area contributed by atoms with E-state index in [1.807, 2.05) is 24.3 Å². The topological polar surface area (TPSA) is 80.5 Å². The van der Waals surface area contributed by atoms with Gasteiger partial charge in [0.15, 0.2) is 5.82 Å². The molecule has 2 aromatic carbocycles. The number of aromatic amines is 1. The molecule has 0 aliphatic carbocycles. The molecule has 4 aromatic rings. The van der Waals surface area contributed by atoms with E-state index in [1.165, 1.54) is 17.3 Å². The quantitative estimate of drug-likeness (QED) is 0.417. The molecule has 0 unspecified atom stereocenters. The number of aromatic nitrogens is 5. The maximum atomic E-state index is 5.72. The van der Waals surface area contributed by atoms with Gasteiger partial charge < -0.3 is 4.42 Å². The molecule has 0 fully saturated rings. The Bertz CT molecular complexity index is 1030. The van der Waals surface area contributed by atoms with Gasteiger partial charge in [0.05, 0.1) is 5.75 Å². The second-order valence-electron chi connectivity index (χ2n) is 5.81. The largest absolute Gasteiger partial charge is 0.420 e. The lowest BCUT2D eigenvalue weighted by Crippen LogP contribution is -1.84. The third-order valence-electron chi connectivity index (χ3n) is 3.98. The third kappa shape index (κ3) is 4.28. The van der Waals surface area contributed by atoms with Crippen molar-refractivity contribution >= 4 is 27.7 Å². The Morgan fingerprint density at radius 1 is 1.00 bits per heavy atom. The van der Waals surface area contributed by atoms with Crippen LogP contribution in [0.15, 0.2) is 62.6 Å². The molecule has 6 nitrogen and oxygen atoms in total. The molecule has 27 heavy (non-hydrogen) atoms. The highest BCUT2D eigenvalue weighted by atomic mass is 79.9. The minimum absolute atomic E-state index is 0.504. The Labute approximate surface area is 169 Å². The number of benzene rings is 2. The highest BCUT2D eigenvalue weighted by Gasteiger charge is 2.11. The summed E-state index contributed by atoms with van der Waals surface area (Å²) in [5.74, 6) is 2.30. The molecule has 1 N–H and O–H groups in total. The summed E-state index contributed by atoms with van der Waals surface area (Å²) in [6.45, 7) is 2.14. The number of H-pyrrole nitrogens is 1. The Balaban J connectivity index is 1.40. The average Bonchev–Trinajstić information content (AvgIpc) is 3.37. The highest BCUT2D eigenvalue weighted by molar-refractivity contribution is 9.10. The molecule has 0 atom stereocenters. The summed E-state index contributed by atoms with van der Waals surface area (Å²) in [6, 6.07) is 16.1. The molecule has 0 saturated heterocycles. The summed E-state index contributed by atoms with van der Waals surface area (Å²) in [5.41, 5.74) is 3.20. The third-order valence-corrected chi connectivity index (χ3v) is 5.34. The second-order valence-corrected chi connectivity index (χ2v) is 7.67. The van der Waals surface area contributed by atoms with Crippen LogP contribution >= 0.6 is 27.7 Å². The molecule has 0 radical (unpaired) electrons. The van der Waals surface area contributed by atoms with Gasteiger partial charge in [0.1, 0.15) is 0 Å². The number of aryl methyl sites for hydroxylation is 1. The van der Waals surface area contributed by atoms with E-state index in [2.05, 4.69) is 72.5 Å². The summed E-state index contributed by atoms with van der Waals surface area (Å²) in [6.07, 6.45) is 1.02. The van der Waals surface area contributed by atoms with Crippen LogP contribution in [-0.4, -0.2) is 25.4 Å². The van der Waals surface area contributed by atoms with Crippen LogP contribution < -0.4 is 0 Å². The smallest absolute Gasteiger partial charge is 0.247 e. The first-order valence-corrected chi connectivity index (χ1v) is 10.2. The lowest BCUT2D eigenvalue weighted by atomic mass is 10.1. The van der Waals surface area contributed by atoms with E-state index in [9.17, 15) is 0 Å². The Hall–Kier alpha value is -2.45. The van der Waals surface area contributed by atoms with Crippen molar-refractivity contribution in [1.29, 1.82) is 0 Å². The van der Waals surface area contributed by atoms with Gasteiger partial charge in [-0.1, -0.05) is 58.9 Å². The van der Waals surface area contributed by atoms with Crippen molar-refractivity contribution in [1.82, 2.24) is 25.4 Å². The zero-order valence-electron chi connectivity index (χ0n) is 14.5. The zero-order valence-corrected chi connectivity index (χ0v) is 16.9. The number of nitrogens with one attached hydrogen (secondary N) is 1. The standard InChI is InChI=1S/C19H16BrN5OS/c1-2-12-3-5-13(6-4-12)17-21-19(25-23-17)27-11-16-22-24-18(26-16)14-7-9-15(20)10-8-14/h3-10H,2,11H2,1H3,(H,21,23,25). The molecular formula is C19H16BrN5OS. The minimum atomic E-state index is 0.504. The van der Waals surface area contributed by atoms with Gasteiger partial charge in [-0.2, -0.15) is 0 Å². The van der Waals surface area contributed by atoms with E-state index >= 15 is 0 Å². The molecule has 2 aromatic heterocycles. The van der Waals surface area contributed by atoms with Crippen LogP contribution in [-0.2, 0) is 12.2 Å². The Kier molecular flexibility index (Phi) is 5.35. The Morgan fingerprint density at radius 2 is 1.74 bits per heavy atom. The van der Waals surface area contributed by atoms with Gasteiger partial charge in [-0.25, -0.2) is 4.98 Å².